The van der Waals surface area contributed by atoms with Gasteiger partial charge >= 0.3 is 5.97 Å². The van der Waals surface area contributed by atoms with Crippen LogP contribution in [0.25, 0.3) is 6.08 Å². The molecule has 1 aliphatic heterocycles. The van der Waals surface area contributed by atoms with Gasteiger partial charge in [-0.1, -0.05) is 35.5 Å². The molecule has 0 fully saturated rings. The Labute approximate surface area is 140 Å². The maximum Gasteiger partial charge on any atom is 0.368 e. The number of carbonyl (C=O) groups is 1. The molecule has 0 bridgehead atoms. The molecule has 0 unspecified atom stereocenters. The van der Waals surface area contributed by atoms with E-state index in [0.29, 0.717) is 11.3 Å². The van der Waals surface area contributed by atoms with E-state index in [-0.39, 0.29) is 0 Å². The van der Waals surface area contributed by atoms with Crippen LogP contribution < -0.4 is 4.90 Å². The van der Waals surface area contributed by atoms with Gasteiger partial charge in [-0.3, -0.25) is 0 Å². The molecule has 0 spiro atoms. The zero-order chi connectivity index (χ0) is 15.7. The molecule has 1 aromatic carbocycles. The number of oxime groups is 1. The average Bonchev–Trinajstić information content (AvgIpc) is 3.04. The van der Waals surface area contributed by atoms with Crippen LogP contribution in [0.15, 0.2) is 51.6 Å². The maximum absolute atomic E-state index is 12.0. The smallest absolute Gasteiger partial charge is 0.368 e. The van der Waals surface area contributed by atoms with E-state index >= 15 is 0 Å². The summed E-state index contributed by atoms with van der Waals surface area (Å²) in [7, 11) is 3.96. The first-order valence-corrected chi connectivity index (χ1v) is 8.20. The Morgan fingerprint density at radius 2 is 2.00 bits per heavy atom. The van der Waals surface area contributed by atoms with Crippen LogP contribution in [0.1, 0.15) is 10.4 Å². The summed E-state index contributed by atoms with van der Waals surface area (Å²) in [5, 5.41) is 5.00. The Kier molecular flexibility index (Phi) is 4.13. The minimum Gasteiger partial charge on any atom is -0.369 e. The lowest BCUT2D eigenvalue weighted by Crippen LogP contribution is -2.06. The van der Waals surface area contributed by atoms with E-state index in [1.807, 2.05) is 61.5 Å². The summed E-state index contributed by atoms with van der Waals surface area (Å²) in [6.45, 7) is 0. The van der Waals surface area contributed by atoms with Gasteiger partial charge < -0.3 is 9.74 Å². The molecular formula is C16H13BrN2O2S. The average molecular weight is 377 g/mol. The minimum absolute atomic E-state index is 0.422. The van der Waals surface area contributed by atoms with Crippen LogP contribution in [0.2, 0.25) is 0 Å². The molecule has 0 amide bonds. The third-order valence-corrected chi connectivity index (χ3v) is 5.24. The maximum atomic E-state index is 12.0. The number of thiophene rings is 1. The van der Waals surface area contributed by atoms with E-state index in [4.69, 9.17) is 4.84 Å². The number of rotatable bonds is 3. The Bertz CT molecular complexity index is 779. The van der Waals surface area contributed by atoms with Gasteiger partial charge in [0.2, 0.25) is 0 Å². The molecule has 1 aliphatic rings. The molecule has 22 heavy (non-hydrogen) atoms. The summed E-state index contributed by atoms with van der Waals surface area (Å²) < 4.78 is 0.999. The molecule has 0 aliphatic carbocycles. The second kappa shape index (κ2) is 6.06. The summed E-state index contributed by atoms with van der Waals surface area (Å²) in [6.07, 6.45) is 1.82. The van der Waals surface area contributed by atoms with Crippen molar-refractivity contribution in [2.24, 2.45) is 5.16 Å². The minimum atomic E-state index is -0.422. The van der Waals surface area contributed by atoms with Gasteiger partial charge in [-0.05, 0) is 28.1 Å². The Morgan fingerprint density at radius 1 is 1.27 bits per heavy atom. The third-order valence-electron chi connectivity index (χ3n) is 3.12. The van der Waals surface area contributed by atoms with Crippen molar-refractivity contribution in [2.75, 3.05) is 19.0 Å². The zero-order valence-corrected chi connectivity index (χ0v) is 14.4. The van der Waals surface area contributed by atoms with Gasteiger partial charge in [0.15, 0.2) is 0 Å². The second-order valence-electron chi connectivity index (χ2n) is 4.94. The highest BCUT2D eigenvalue weighted by atomic mass is 79.9. The molecule has 3 rings (SSSR count). The first kappa shape index (κ1) is 15.0. The van der Waals surface area contributed by atoms with Crippen molar-refractivity contribution >= 4 is 50.0 Å². The highest BCUT2D eigenvalue weighted by Gasteiger charge is 2.27. The highest BCUT2D eigenvalue weighted by Crippen LogP contribution is 2.36. The summed E-state index contributed by atoms with van der Waals surface area (Å²) in [5.41, 5.74) is 1.91. The Hall–Kier alpha value is -1.92. The van der Waals surface area contributed by atoms with Crippen LogP contribution in [0, 0.1) is 0 Å². The van der Waals surface area contributed by atoms with Gasteiger partial charge in [0.05, 0.1) is 10.0 Å². The van der Waals surface area contributed by atoms with Crippen molar-refractivity contribution in [2.45, 2.75) is 0 Å². The summed E-state index contributed by atoms with van der Waals surface area (Å²) >= 11 is 5.13. The fourth-order valence-electron chi connectivity index (χ4n) is 2.11. The molecule has 0 N–H and O–H groups in total. The van der Waals surface area contributed by atoms with E-state index in [9.17, 15) is 4.79 Å². The quantitative estimate of drug-likeness (QED) is 0.602. The Morgan fingerprint density at radius 3 is 2.64 bits per heavy atom. The van der Waals surface area contributed by atoms with Gasteiger partial charge in [0.1, 0.15) is 10.7 Å². The first-order valence-electron chi connectivity index (χ1n) is 6.60. The summed E-state index contributed by atoms with van der Waals surface area (Å²) in [6, 6.07) is 11.5. The third kappa shape index (κ3) is 2.84. The lowest BCUT2D eigenvalue weighted by molar-refractivity contribution is -0.136. The second-order valence-corrected chi connectivity index (χ2v) is 6.86. The van der Waals surface area contributed by atoms with E-state index in [1.165, 1.54) is 0 Å². The van der Waals surface area contributed by atoms with Crippen molar-refractivity contribution in [3.8, 4) is 0 Å². The predicted octanol–water partition coefficient (Wildman–Crippen LogP) is 3.92. The van der Waals surface area contributed by atoms with Crippen molar-refractivity contribution in [1.29, 1.82) is 0 Å². The van der Waals surface area contributed by atoms with E-state index in [0.717, 1.165) is 19.9 Å². The number of nitrogens with zero attached hydrogens (tertiary/aromatic N) is 2. The van der Waals surface area contributed by atoms with Crippen molar-refractivity contribution < 1.29 is 9.63 Å². The normalized spacial score (nSPS) is 15.9. The molecule has 2 aromatic rings. The molecule has 6 heteroatoms. The van der Waals surface area contributed by atoms with Gasteiger partial charge in [-0.25, -0.2) is 4.79 Å². The molecule has 2 heterocycles. The fraction of sp³-hybridized carbons (Fsp3) is 0.125. The largest absolute Gasteiger partial charge is 0.369 e. The number of carbonyl (C=O) groups excluding carboxylic acids is 1. The number of hydrogen-bond donors (Lipinski definition) is 0. The molecule has 112 valence electrons. The molecule has 0 radical (unpaired) electrons. The van der Waals surface area contributed by atoms with Crippen LogP contribution >= 0.6 is 27.3 Å². The molecular weight excluding hydrogens is 364 g/mol. The van der Waals surface area contributed by atoms with E-state index < -0.39 is 5.97 Å². The van der Waals surface area contributed by atoms with Gasteiger partial charge in [0, 0.05) is 24.5 Å². The molecule has 4 nitrogen and oxygen atoms in total. The van der Waals surface area contributed by atoms with Gasteiger partial charge in [-0.15, -0.1) is 11.3 Å². The van der Waals surface area contributed by atoms with Crippen LogP contribution in [-0.2, 0) is 9.63 Å². The highest BCUT2D eigenvalue weighted by molar-refractivity contribution is 9.10. The SMILES string of the molecule is CN(C)c1sc(/C=C2/C(=O)ON=C2c2ccccc2)cc1Br. The van der Waals surface area contributed by atoms with Crippen LogP contribution in [0.3, 0.4) is 0 Å². The zero-order valence-electron chi connectivity index (χ0n) is 12.0. The monoisotopic (exact) mass is 376 g/mol. The van der Waals surface area contributed by atoms with Gasteiger partial charge in [-0.2, -0.15) is 0 Å². The molecule has 1 aromatic heterocycles. The summed E-state index contributed by atoms with van der Waals surface area (Å²) in [5.74, 6) is -0.422. The number of benzene rings is 1. The molecule has 0 saturated carbocycles. The molecule has 0 atom stereocenters. The lowest BCUT2D eigenvalue weighted by atomic mass is 10.0. The Balaban J connectivity index is 2.00. The van der Waals surface area contributed by atoms with Crippen LogP contribution in [0.5, 0.6) is 0 Å². The van der Waals surface area contributed by atoms with Crippen molar-refractivity contribution in [3.05, 3.63) is 56.9 Å². The van der Waals surface area contributed by atoms with Crippen molar-refractivity contribution in [3.63, 3.8) is 0 Å². The first-order chi connectivity index (χ1) is 10.6. The predicted molar refractivity (Wildman–Crippen MR) is 93.4 cm³/mol. The van der Waals surface area contributed by atoms with Crippen molar-refractivity contribution in [1.82, 2.24) is 0 Å². The van der Waals surface area contributed by atoms with Gasteiger partial charge in [0.25, 0.3) is 0 Å². The van der Waals surface area contributed by atoms with E-state index in [2.05, 4.69) is 21.1 Å². The molecule has 0 saturated heterocycles. The fourth-order valence-corrected chi connectivity index (χ4v) is 4.02. The number of anilines is 1. The van der Waals surface area contributed by atoms with Crippen LogP contribution in [-0.4, -0.2) is 25.8 Å². The van der Waals surface area contributed by atoms with Crippen LogP contribution in [0.4, 0.5) is 5.00 Å². The number of hydrogen-bond acceptors (Lipinski definition) is 5. The standard InChI is InChI=1S/C16H13BrN2O2S/c1-19(2)15-13(17)9-11(22-15)8-12-14(18-21-16(12)20)10-6-4-3-5-7-10/h3-9H,1-2H3/b12-8+. The summed E-state index contributed by atoms with van der Waals surface area (Å²) in [4.78, 5) is 19.8. The topological polar surface area (TPSA) is 41.9 Å². The number of halogens is 1. The van der Waals surface area contributed by atoms with E-state index in [1.54, 1.807) is 11.3 Å². The lowest BCUT2D eigenvalue weighted by Gasteiger charge is -2.08.